The van der Waals surface area contributed by atoms with E-state index >= 15 is 0 Å². The average molecular weight is 227 g/mol. The van der Waals surface area contributed by atoms with Crippen molar-refractivity contribution in [3.05, 3.63) is 35.9 Å². The van der Waals surface area contributed by atoms with Crippen LogP contribution < -0.4 is 0 Å². The number of rotatable bonds is 5. The molecule has 0 amide bonds. The molecule has 0 radical (unpaired) electrons. The topological polar surface area (TPSA) is 37.3 Å². The average Bonchev–Trinajstić information content (AvgIpc) is 2.26. The Kier molecular flexibility index (Phi) is 4.63. The van der Waals surface area contributed by atoms with Gasteiger partial charge in [0.25, 0.3) is 0 Å². The van der Waals surface area contributed by atoms with E-state index in [1.54, 1.807) is 0 Å². The summed E-state index contributed by atoms with van der Waals surface area (Å²) in [4.78, 5) is 11.1. The van der Waals surface area contributed by atoms with Crippen molar-refractivity contribution in [3.8, 4) is 0 Å². The Labute approximate surface area is 94.9 Å². The molecule has 2 atom stereocenters. The standard InChI is InChI=1S/C12H15ClO2/c1-2-10(13)8-11(12(14)15)9-6-4-3-5-7-9/h3-7,10-11H,2,8H2,1H3,(H,14,15). The van der Waals surface area contributed by atoms with Crippen molar-refractivity contribution in [2.75, 3.05) is 0 Å². The lowest BCUT2D eigenvalue weighted by Gasteiger charge is -2.15. The minimum absolute atomic E-state index is 0.0775. The maximum atomic E-state index is 11.1. The maximum absolute atomic E-state index is 11.1. The SMILES string of the molecule is CCC(Cl)CC(C(=O)O)c1ccccc1. The minimum atomic E-state index is -0.805. The number of aliphatic carboxylic acids is 1. The van der Waals surface area contributed by atoms with Gasteiger partial charge >= 0.3 is 5.97 Å². The molecule has 15 heavy (non-hydrogen) atoms. The number of hydrogen-bond acceptors (Lipinski definition) is 1. The molecule has 3 heteroatoms. The van der Waals surface area contributed by atoms with Crippen molar-refractivity contribution >= 4 is 17.6 Å². The van der Waals surface area contributed by atoms with E-state index in [0.29, 0.717) is 6.42 Å². The Balaban J connectivity index is 2.80. The first-order valence-electron chi connectivity index (χ1n) is 5.07. The molecule has 82 valence electrons. The Morgan fingerprint density at radius 3 is 2.47 bits per heavy atom. The summed E-state index contributed by atoms with van der Waals surface area (Å²) in [6.07, 6.45) is 1.27. The molecule has 1 N–H and O–H groups in total. The molecule has 0 spiro atoms. The predicted molar refractivity (Wildman–Crippen MR) is 61.4 cm³/mol. The molecular weight excluding hydrogens is 212 g/mol. The van der Waals surface area contributed by atoms with E-state index in [1.165, 1.54) is 0 Å². The monoisotopic (exact) mass is 226 g/mol. The third-order valence-electron chi connectivity index (χ3n) is 2.43. The van der Waals surface area contributed by atoms with Gasteiger partial charge in [-0.25, -0.2) is 0 Å². The Morgan fingerprint density at radius 1 is 1.40 bits per heavy atom. The zero-order valence-corrected chi connectivity index (χ0v) is 9.45. The van der Waals surface area contributed by atoms with Crippen LogP contribution in [0.1, 0.15) is 31.2 Å². The summed E-state index contributed by atoms with van der Waals surface area (Å²) < 4.78 is 0. The Hall–Kier alpha value is -1.02. The first kappa shape index (κ1) is 12.1. The Morgan fingerprint density at radius 2 is 2.00 bits per heavy atom. The molecule has 0 heterocycles. The van der Waals surface area contributed by atoms with E-state index in [9.17, 15) is 4.79 Å². The van der Waals surface area contributed by atoms with Crippen LogP contribution in [-0.4, -0.2) is 16.5 Å². The number of benzene rings is 1. The van der Waals surface area contributed by atoms with Gasteiger partial charge in [0, 0.05) is 5.38 Å². The molecule has 0 fully saturated rings. The summed E-state index contributed by atoms with van der Waals surface area (Å²) in [7, 11) is 0. The van der Waals surface area contributed by atoms with Crippen LogP contribution in [0.4, 0.5) is 0 Å². The molecule has 1 aromatic carbocycles. The van der Waals surface area contributed by atoms with Gasteiger partial charge in [-0.3, -0.25) is 4.79 Å². The van der Waals surface area contributed by atoms with E-state index < -0.39 is 11.9 Å². The fourth-order valence-electron chi connectivity index (χ4n) is 1.49. The maximum Gasteiger partial charge on any atom is 0.311 e. The van der Waals surface area contributed by atoms with Gasteiger partial charge in [0.2, 0.25) is 0 Å². The van der Waals surface area contributed by atoms with Crippen molar-refractivity contribution in [1.82, 2.24) is 0 Å². The van der Waals surface area contributed by atoms with Gasteiger partial charge < -0.3 is 5.11 Å². The second kappa shape index (κ2) is 5.76. The van der Waals surface area contributed by atoms with Crippen LogP contribution >= 0.6 is 11.6 Å². The third-order valence-corrected chi connectivity index (χ3v) is 2.92. The molecule has 0 saturated carbocycles. The molecule has 0 bridgehead atoms. The van der Waals surface area contributed by atoms with Crippen molar-refractivity contribution in [1.29, 1.82) is 0 Å². The highest BCUT2D eigenvalue weighted by Crippen LogP contribution is 2.24. The Bertz CT molecular complexity index is 311. The summed E-state index contributed by atoms with van der Waals surface area (Å²) in [6.45, 7) is 1.96. The first-order valence-corrected chi connectivity index (χ1v) is 5.50. The van der Waals surface area contributed by atoms with E-state index in [4.69, 9.17) is 16.7 Å². The number of hydrogen-bond donors (Lipinski definition) is 1. The van der Waals surface area contributed by atoms with Crippen LogP contribution in [0.3, 0.4) is 0 Å². The molecule has 2 nitrogen and oxygen atoms in total. The van der Waals surface area contributed by atoms with Gasteiger partial charge in [-0.05, 0) is 18.4 Å². The molecule has 2 unspecified atom stereocenters. The van der Waals surface area contributed by atoms with E-state index in [0.717, 1.165) is 12.0 Å². The number of carboxylic acids is 1. The van der Waals surface area contributed by atoms with E-state index in [2.05, 4.69) is 0 Å². The fourth-order valence-corrected chi connectivity index (χ4v) is 1.67. The van der Waals surface area contributed by atoms with Gasteiger partial charge in [0.1, 0.15) is 0 Å². The van der Waals surface area contributed by atoms with Crippen molar-refractivity contribution in [2.24, 2.45) is 0 Å². The van der Waals surface area contributed by atoms with Gasteiger partial charge in [-0.15, -0.1) is 11.6 Å². The summed E-state index contributed by atoms with van der Waals surface area (Å²) in [5, 5.41) is 9.03. The molecule has 0 saturated heterocycles. The smallest absolute Gasteiger partial charge is 0.311 e. The molecular formula is C12H15ClO2. The number of alkyl halides is 1. The van der Waals surface area contributed by atoms with Gasteiger partial charge in [-0.1, -0.05) is 37.3 Å². The highest BCUT2D eigenvalue weighted by molar-refractivity contribution is 6.20. The molecule has 1 aromatic rings. The number of carboxylic acid groups (broad SMARTS) is 1. The quantitative estimate of drug-likeness (QED) is 0.783. The van der Waals surface area contributed by atoms with Gasteiger partial charge in [0.15, 0.2) is 0 Å². The second-order valence-corrected chi connectivity index (χ2v) is 4.16. The van der Waals surface area contributed by atoms with Crippen LogP contribution in [0, 0.1) is 0 Å². The lowest BCUT2D eigenvalue weighted by Crippen LogP contribution is -2.15. The largest absolute Gasteiger partial charge is 0.481 e. The van der Waals surface area contributed by atoms with E-state index in [1.807, 2.05) is 37.3 Å². The zero-order valence-electron chi connectivity index (χ0n) is 8.69. The molecule has 0 aliphatic carbocycles. The highest BCUT2D eigenvalue weighted by Gasteiger charge is 2.22. The molecule has 0 aliphatic rings. The normalized spacial score (nSPS) is 14.5. The van der Waals surface area contributed by atoms with Crippen molar-refractivity contribution in [3.63, 3.8) is 0 Å². The van der Waals surface area contributed by atoms with Crippen LogP contribution in [0.5, 0.6) is 0 Å². The summed E-state index contributed by atoms with van der Waals surface area (Å²) >= 11 is 5.99. The van der Waals surface area contributed by atoms with Crippen LogP contribution in [0.15, 0.2) is 30.3 Å². The highest BCUT2D eigenvalue weighted by atomic mass is 35.5. The molecule has 0 aliphatic heterocycles. The zero-order chi connectivity index (χ0) is 11.3. The number of halogens is 1. The number of carbonyl (C=O) groups is 1. The minimum Gasteiger partial charge on any atom is -0.481 e. The lowest BCUT2D eigenvalue weighted by atomic mass is 9.94. The third kappa shape index (κ3) is 3.56. The van der Waals surface area contributed by atoms with Crippen molar-refractivity contribution < 1.29 is 9.90 Å². The van der Waals surface area contributed by atoms with E-state index in [-0.39, 0.29) is 5.38 Å². The first-order chi connectivity index (χ1) is 7.15. The van der Waals surface area contributed by atoms with Crippen molar-refractivity contribution in [2.45, 2.75) is 31.1 Å². The van der Waals surface area contributed by atoms with Crippen LogP contribution in [0.2, 0.25) is 0 Å². The van der Waals surface area contributed by atoms with Gasteiger partial charge in [-0.2, -0.15) is 0 Å². The van der Waals surface area contributed by atoms with Crippen LogP contribution in [0.25, 0.3) is 0 Å². The van der Waals surface area contributed by atoms with Gasteiger partial charge in [0.05, 0.1) is 5.92 Å². The summed E-state index contributed by atoms with van der Waals surface area (Å²) in [6, 6.07) is 9.23. The second-order valence-electron chi connectivity index (χ2n) is 3.54. The lowest BCUT2D eigenvalue weighted by molar-refractivity contribution is -0.139. The predicted octanol–water partition coefficient (Wildman–Crippen LogP) is 3.26. The van der Waals surface area contributed by atoms with Crippen LogP contribution in [-0.2, 0) is 4.79 Å². The molecule has 1 rings (SSSR count). The summed E-state index contributed by atoms with van der Waals surface area (Å²) in [5.74, 6) is -1.30. The fraction of sp³-hybridized carbons (Fsp3) is 0.417. The molecule has 0 aromatic heterocycles. The summed E-state index contributed by atoms with van der Waals surface area (Å²) in [5.41, 5.74) is 0.823.